The van der Waals surface area contributed by atoms with E-state index in [0.29, 0.717) is 28.8 Å². The highest BCUT2D eigenvalue weighted by Gasteiger charge is 2.38. The second-order valence-electron chi connectivity index (χ2n) is 5.81. The average molecular weight is 362 g/mol. The molecule has 1 aliphatic heterocycles. The van der Waals surface area contributed by atoms with Crippen molar-refractivity contribution in [2.45, 2.75) is 11.8 Å². The fourth-order valence-electron chi connectivity index (χ4n) is 3.30. The lowest BCUT2D eigenvalue weighted by atomic mass is 9.83. The van der Waals surface area contributed by atoms with E-state index in [-0.39, 0.29) is 17.7 Å². The molecule has 0 aliphatic carbocycles. The van der Waals surface area contributed by atoms with E-state index < -0.39 is 0 Å². The van der Waals surface area contributed by atoms with Crippen molar-refractivity contribution in [3.63, 3.8) is 0 Å². The predicted octanol–water partition coefficient (Wildman–Crippen LogP) is 3.36. The minimum absolute atomic E-state index is 0.0464. The van der Waals surface area contributed by atoms with Crippen LogP contribution in [0.3, 0.4) is 0 Å². The molecule has 1 heterocycles. The molecule has 0 radical (unpaired) electrons. The van der Waals surface area contributed by atoms with Crippen LogP contribution < -0.4 is 19.5 Å². The summed E-state index contributed by atoms with van der Waals surface area (Å²) in [6.07, 6.45) is 0. The standard InChI is InChI=1S/C19H20ClNO4/c1-23-14-8-7-11(9-16(14)25-3)13-10-21-19(22)17(13)12-5-4-6-15(24-2)18(12)20/h4-9,13,17H,10H2,1-3H3,(H,21,22). The zero-order valence-electron chi connectivity index (χ0n) is 14.3. The third-order valence-corrected chi connectivity index (χ3v) is 4.97. The summed E-state index contributed by atoms with van der Waals surface area (Å²) < 4.78 is 16.0. The van der Waals surface area contributed by atoms with Gasteiger partial charge in [0.2, 0.25) is 5.91 Å². The van der Waals surface area contributed by atoms with Crippen LogP contribution in [0.5, 0.6) is 17.2 Å². The Morgan fingerprint density at radius 3 is 2.40 bits per heavy atom. The van der Waals surface area contributed by atoms with Gasteiger partial charge in [-0.2, -0.15) is 0 Å². The van der Waals surface area contributed by atoms with Crippen LogP contribution in [-0.2, 0) is 4.79 Å². The number of nitrogens with one attached hydrogen (secondary N) is 1. The molecular formula is C19H20ClNO4. The normalized spacial score (nSPS) is 19.4. The number of hydrogen-bond donors (Lipinski definition) is 1. The number of halogens is 1. The first-order chi connectivity index (χ1) is 12.1. The largest absolute Gasteiger partial charge is 0.495 e. The minimum atomic E-state index is -0.388. The predicted molar refractivity (Wildman–Crippen MR) is 96.0 cm³/mol. The first-order valence-corrected chi connectivity index (χ1v) is 8.30. The van der Waals surface area contributed by atoms with E-state index >= 15 is 0 Å². The van der Waals surface area contributed by atoms with Crippen LogP contribution in [0.25, 0.3) is 0 Å². The molecule has 0 saturated carbocycles. The Kier molecular flexibility index (Phi) is 5.04. The Morgan fingerprint density at radius 2 is 1.72 bits per heavy atom. The number of benzene rings is 2. The maximum Gasteiger partial charge on any atom is 0.228 e. The fraction of sp³-hybridized carbons (Fsp3) is 0.316. The smallest absolute Gasteiger partial charge is 0.228 e. The number of rotatable bonds is 5. The zero-order valence-corrected chi connectivity index (χ0v) is 15.1. The third-order valence-electron chi connectivity index (χ3n) is 4.56. The maximum absolute atomic E-state index is 12.5. The van der Waals surface area contributed by atoms with Gasteiger partial charge in [-0.1, -0.05) is 29.8 Å². The van der Waals surface area contributed by atoms with E-state index in [9.17, 15) is 4.79 Å². The molecule has 6 heteroatoms. The van der Waals surface area contributed by atoms with Crippen molar-refractivity contribution in [1.82, 2.24) is 5.32 Å². The number of ether oxygens (including phenoxy) is 3. The molecule has 0 spiro atoms. The van der Waals surface area contributed by atoms with Crippen LogP contribution in [-0.4, -0.2) is 33.8 Å². The molecule has 3 rings (SSSR count). The Labute approximate surface area is 151 Å². The summed E-state index contributed by atoms with van der Waals surface area (Å²) in [5.41, 5.74) is 1.75. The highest BCUT2D eigenvalue weighted by atomic mass is 35.5. The van der Waals surface area contributed by atoms with E-state index in [4.69, 9.17) is 25.8 Å². The quantitative estimate of drug-likeness (QED) is 0.887. The number of carbonyl (C=O) groups excluding carboxylic acids is 1. The molecule has 5 nitrogen and oxygen atoms in total. The third kappa shape index (κ3) is 3.12. The first-order valence-electron chi connectivity index (χ1n) is 7.92. The molecule has 1 fully saturated rings. The highest BCUT2D eigenvalue weighted by molar-refractivity contribution is 6.33. The van der Waals surface area contributed by atoms with E-state index in [1.54, 1.807) is 27.4 Å². The molecule has 132 valence electrons. The molecule has 1 aliphatic rings. The molecule has 2 atom stereocenters. The summed E-state index contributed by atoms with van der Waals surface area (Å²) in [6.45, 7) is 0.534. The molecule has 1 N–H and O–H groups in total. The minimum Gasteiger partial charge on any atom is -0.495 e. The summed E-state index contributed by atoms with van der Waals surface area (Å²) in [4.78, 5) is 12.5. The van der Waals surface area contributed by atoms with Gasteiger partial charge in [0.15, 0.2) is 11.5 Å². The number of methoxy groups -OCH3 is 3. The van der Waals surface area contributed by atoms with Crippen molar-refractivity contribution >= 4 is 17.5 Å². The molecule has 0 bridgehead atoms. The summed E-state index contributed by atoms with van der Waals surface area (Å²) in [6, 6.07) is 11.2. The molecule has 1 amide bonds. The molecular weight excluding hydrogens is 342 g/mol. The molecule has 0 aromatic heterocycles. The van der Waals surface area contributed by atoms with Crippen molar-refractivity contribution in [3.05, 3.63) is 52.5 Å². The van der Waals surface area contributed by atoms with Crippen LogP contribution in [0.2, 0.25) is 5.02 Å². The second kappa shape index (κ2) is 7.23. The molecule has 2 aromatic rings. The van der Waals surface area contributed by atoms with E-state index in [1.165, 1.54) is 0 Å². The average Bonchev–Trinajstić information content (AvgIpc) is 3.02. The van der Waals surface area contributed by atoms with Crippen molar-refractivity contribution in [2.75, 3.05) is 27.9 Å². The highest BCUT2D eigenvalue weighted by Crippen LogP contribution is 2.43. The molecule has 1 saturated heterocycles. The first kappa shape index (κ1) is 17.4. The van der Waals surface area contributed by atoms with Gasteiger partial charge in [0.05, 0.1) is 32.3 Å². The number of carbonyl (C=O) groups is 1. The zero-order chi connectivity index (χ0) is 18.0. The van der Waals surface area contributed by atoms with Gasteiger partial charge in [0, 0.05) is 12.5 Å². The van der Waals surface area contributed by atoms with Gasteiger partial charge in [-0.05, 0) is 29.3 Å². The van der Waals surface area contributed by atoms with E-state index in [0.717, 1.165) is 11.1 Å². The Balaban J connectivity index is 2.04. The van der Waals surface area contributed by atoms with Gasteiger partial charge in [-0.3, -0.25) is 4.79 Å². The van der Waals surface area contributed by atoms with Crippen LogP contribution >= 0.6 is 11.6 Å². The number of hydrogen-bond acceptors (Lipinski definition) is 4. The summed E-state index contributed by atoms with van der Waals surface area (Å²) in [5, 5.41) is 3.41. The topological polar surface area (TPSA) is 56.8 Å². The lowest BCUT2D eigenvalue weighted by Gasteiger charge is -2.20. The Morgan fingerprint density at radius 1 is 1.00 bits per heavy atom. The van der Waals surface area contributed by atoms with Gasteiger partial charge < -0.3 is 19.5 Å². The lowest BCUT2D eigenvalue weighted by molar-refractivity contribution is -0.120. The van der Waals surface area contributed by atoms with Crippen LogP contribution in [0.1, 0.15) is 23.0 Å². The SMILES string of the molecule is COc1ccc(C2CNC(=O)C2c2cccc(OC)c2Cl)cc1OC. The van der Waals surface area contributed by atoms with Gasteiger partial charge in [0.25, 0.3) is 0 Å². The summed E-state index contributed by atoms with van der Waals surface area (Å²) >= 11 is 6.46. The monoisotopic (exact) mass is 361 g/mol. The molecule has 25 heavy (non-hydrogen) atoms. The van der Waals surface area contributed by atoms with Crippen LogP contribution in [0.15, 0.2) is 36.4 Å². The van der Waals surface area contributed by atoms with Crippen LogP contribution in [0, 0.1) is 0 Å². The Hall–Kier alpha value is -2.40. The van der Waals surface area contributed by atoms with Gasteiger partial charge in [-0.25, -0.2) is 0 Å². The summed E-state index contributed by atoms with van der Waals surface area (Å²) in [7, 11) is 4.75. The van der Waals surface area contributed by atoms with Gasteiger partial charge >= 0.3 is 0 Å². The van der Waals surface area contributed by atoms with Crippen LogP contribution in [0.4, 0.5) is 0 Å². The van der Waals surface area contributed by atoms with E-state index in [2.05, 4.69) is 5.32 Å². The molecule has 2 unspecified atom stereocenters. The Bertz CT molecular complexity index is 793. The fourth-order valence-corrected chi connectivity index (χ4v) is 3.62. The molecule has 2 aromatic carbocycles. The summed E-state index contributed by atoms with van der Waals surface area (Å²) in [5.74, 6) is 1.35. The van der Waals surface area contributed by atoms with Crippen molar-refractivity contribution < 1.29 is 19.0 Å². The number of amides is 1. The van der Waals surface area contributed by atoms with E-state index in [1.807, 2.05) is 30.3 Å². The van der Waals surface area contributed by atoms with Crippen molar-refractivity contribution in [1.29, 1.82) is 0 Å². The van der Waals surface area contributed by atoms with Crippen molar-refractivity contribution in [3.8, 4) is 17.2 Å². The van der Waals surface area contributed by atoms with Gasteiger partial charge in [0.1, 0.15) is 5.75 Å². The maximum atomic E-state index is 12.5. The van der Waals surface area contributed by atoms with Crippen molar-refractivity contribution in [2.24, 2.45) is 0 Å². The second-order valence-corrected chi connectivity index (χ2v) is 6.19. The van der Waals surface area contributed by atoms with Gasteiger partial charge in [-0.15, -0.1) is 0 Å². The lowest BCUT2D eigenvalue weighted by Crippen LogP contribution is -2.18.